The van der Waals surface area contributed by atoms with Crippen molar-refractivity contribution in [2.75, 3.05) is 26.5 Å². The number of benzene rings is 2. The first kappa shape index (κ1) is 23.2. The summed E-state index contributed by atoms with van der Waals surface area (Å²) >= 11 is 0. The van der Waals surface area contributed by atoms with Crippen LogP contribution in [0.25, 0.3) is 0 Å². The monoisotopic (exact) mass is 466 g/mol. The second-order valence-corrected chi connectivity index (χ2v) is 11.3. The van der Waals surface area contributed by atoms with E-state index in [1.807, 2.05) is 0 Å². The molecule has 1 fully saturated rings. The van der Waals surface area contributed by atoms with Gasteiger partial charge in [0.1, 0.15) is 5.75 Å². The molecule has 0 atom stereocenters. The van der Waals surface area contributed by atoms with Crippen molar-refractivity contribution in [2.45, 2.75) is 35.1 Å². The highest BCUT2D eigenvalue weighted by Gasteiger charge is 2.28. The lowest BCUT2D eigenvalue weighted by atomic mass is 10.2. The summed E-state index contributed by atoms with van der Waals surface area (Å²) in [6, 6.07) is 12.2. The van der Waals surface area contributed by atoms with E-state index in [2.05, 4.69) is 4.72 Å². The molecule has 1 amide bonds. The number of sulfonamides is 1. The van der Waals surface area contributed by atoms with Crippen molar-refractivity contribution in [3.8, 4) is 5.75 Å². The first-order valence-corrected chi connectivity index (χ1v) is 13.2. The molecule has 168 valence electrons. The lowest BCUT2D eigenvalue weighted by Crippen LogP contribution is -2.29. The SMILES string of the molecule is CN(CCCOc1cccc(S(C)(=O)=O)c1)C(=O)c1ccc(S(=O)(=O)NC2CC2)cc1. The number of hydrogen-bond donors (Lipinski definition) is 1. The highest BCUT2D eigenvalue weighted by Crippen LogP contribution is 2.22. The molecule has 1 N–H and O–H groups in total. The van der Waals surface area contributed by atoms with E-state index in [0.29, 0.717) is 30.9 Å². The van der Waals surface area contributed by atoms with Gasteiger partial charge in [0.15, 0.2) is 9.84 Å². The molecule has 0 spiro atoms. The third-order valence-electron chi connectivity index (χ3n) is 4.80. The fourth-order valence-corrected chi connectivity index (χ4v) is 4.83. The molecule has 1 aliphatic carbocycles. The van der Waals surface area contributed by atoms with Crippen molar-refractivity contribution >= 4 is 25.8 Å². The number of carbonyl (C=O) groups excluding carboxylic acids is 1. The van der Waals surface area contributed by atoms with Crippen molar-refractivity contribution in [3.05, 3.63) is 54.1 Å². The normalized spacial score (nSPS) is 14.3. The summed E-state index contributed by atoms with van der Waals surface area (Å²) in [7, 11) is -5.19. The Morgan fingerprint density at radius 1 is 1.06 bits per heavy atom. The number of ether oxygens (including phenoxy) is 1. The van der Waals surface area contributed by atoms with Crippen LogP contribution in [0.5, 0.6) is 5.75 Å². The Hall–Kier alpha value is -2.43. The molecule has 0 heterocycles. The van der Waals surface area contributed by atoms with Gasteiger partial charge in [0, 0.05) is 31.5 Å². The number of nitrogens with one attached hydrogen (secondary N) is 1. The predicted molar refractivity (Wildman–Crippen MR) is 116 cm³/mol. The lowest BCUT2D eigenvalue weighted by molar-refractivity contribution is 0.0787. The fourth-order valence-electron chi connectivity index (χ4n) is 2.87. The van der Waals surface area contributed by atoms with Gasteiger partial charge in [-0.3, -0.25) is 4.79 Å². The standard InChI is InChI=1S/C21H26N2O6S2/c1-23(13-4-14-29-18-5-3-6-20(15-18)30(2,25)26)21(24)16-7-11-19(12-8-16)31(27,28)22-17-9-10-17/h3,5-8,11-12,15,17,22H,4,9-10,13-14H2,1-2H3. The molecule has 8 nitrogen and oxygen atoms in total. The maximum atomic E-state index is 12.6. The lowest BCUT2D eigenvalue weighted by Gasteiger charge is -2.17. The van der Waals surface area contributed by atoms with Gasteiger partial charge >= 0.3 is 0 Å². The zero-order valence-corrected chi connectivity index (χ0v) is 19.1. The van der Waals surface area contributed by atoms with Crippen LogP contribution in [0, 0.1) is 0 Å². The maximum absolute atomic E-state index is 12.6. The van der Waals surface area contributed by atoms with Crippen LogP contribution in [0.4, 0.5) is 0 Å². The van der Waals surface area contributed by atoms with Crippen LogP contribution in [0.2, 0.25) is 0 Å². The second kappa shape index (κ2) is 9.37. The minimum absolute atomic E-state index is 0.0218. The van der Waals surface area contributed by atoms with Crippen LogP contribution in [0.1, 0.15) is 29.6 Å². The van der Waals surface area contributed by atoms with Crippen molar-refractivity contribution in [1.29, 1.82) is 0 Å². The molecule has 2 aromatic rings. The van der Waals surface area contributed by atoms with Crippen LogP contribution in [-0.2, 0) is 19.9 Å². The average molecular weight is 467 g/mol. The van der Waals surface area contributed by atoms with Gasteiger partial charge in [-0.1, -0.05) is 6.07 Å². The van der Waals surface area contributed by atoms with Crippen molar-refractivity contribution < 1.29 is 26.4 Å². The van der Waals surface area contributed by atoms with Crippen molar-refractivity contribution in [2.24, 2.45) is 0 Å². The minimum Gasteiger partial charge on any atom is -0.493 e. The molecule has 0 bridgehead atoms. The van der Waals surface area contributed by atoms with Gasteiger partial charge in [-0.2, -0.15) is 0 Å². The number of hydrogen-bond acceptors (Lipinski definition) is 6. The first-order valence-electron chi connectivity index (χ1n) is 9.87. The molecule has 31 heavy (non-hydrogen) atoms. The Bertz CT molecular complexity index is 1140. The zero-order valence-electron chi connectivity index (χ0n) is 17.4. The predicted octanol–water partition coefficient (Wildman–Crippen LogP) is 2.07. The summed E-state index contributed by atoms with van der Waals surface area (Å²) in [5, 5.41) is 0. The van der Waals surface area contributed by atoms with E-state index >= 15 is 0 Å². The first-order chi connectivity index (χ1) is 14.6. The molecular weight excluding hydrogens is 440 g/mol. The Balaban J connectivity index is 1.49. The molecule has 0 aliphatic heterocycles. The van der Waals surface area contributed by atoms with Crippen molar-refractivity contribution in [1.82, 2.24) is 9.62 Å². The number of nitrogens with zero attached hydrogens (tertiary/aromatic N) is 1. The van der Waals surface area contributed by atoms with Crippen LogP contribution < -0.4 is 9.46 Å². The van der Waals surface area contributed by atoms with E-state index < -0.39 is 19.9 Å². The van der Waals surface area contributed by atoms with E-state index in [0.717, 1.165) is 19.1 Å². The van der Waals surface area contributed by atoms with Crippen LogP contribution in [-0.4, -0.2) is 60.1 Å². The Kier molecular flexibility index (Phi) is 7.03. The summed E-state index contributed by atoms with van der Waals surface area (Å²) in [6.45, 7) is 0.739. The summed E-state index contributed by atoms with van der Waals surface area (Å²) in [5.74, 6) is 0.228. The largest absolute Gasteiger partial charge is 0.493 e. The Morgan fingerprint density at radius 2 is 1.74 bits per heavy atom. The van der Waals surface area contributed by atoms with Crippen LogP contribution in [0.3, 0.4) is 0 Å². The van der Waals surface area contributed by atoms with Crippen LogP contribution >= 0.6 is 0 Å². The highest BCUT2D eigenvalue weighted by atomic mass is 32.2. The number of amides is 1. The van der Waals surface area contributed by atoms with Gasteiger partial charge in [0.2, 0.25) is 10.0 Å². The van der Waals surface area contributed by atoms with E-state index in [9.17, 15) is 21.6 Å². The molecule has 1 saturated carbocycles. The van der Waals surface area contributed by atoms with E-state index in [1.165, 1.54) is 41.3 Å². The van der Waals surface area contributed by atoms with Gasteiger partial charge in [0.05, 0.1) is 16.4 Å². The fraction of sp³-hybridized carbons (Fsp3) is 0.381. The zero-order chi connectivity index (χ0) is 22.6. The average Bonchev–Trinajstić information content (AvgIpc) is 3.53. The third-order valence-corrected chi connectivity index (χ3v) is 7.44. The van der Waals surface area contributed by atoms with E-state index in [1.54, 1.807) is 19.2 Å². The smallest absolute Gasteiger partial charge is 0.253 e. The van der Waals surface area contributed by atoms with E-state index in [-0.39, 0.29) is 21.7 Å². The molecule has 0 unspecified atom stereocenters. The highest BCUT2D eigenvalue weighted by molar-refractivity contribution is 7.90. The van der Waals surface area contributed by atoms with Gasteiger partial charge in [-0.25, -0.2) is 21.6 Å². The molecule has 0 saturated heterocycles. The summed E-state index contributed by atoms with van der Waals surface area (Å²) in [5.41, 5.74) is 0.398. The molecule has 0 aromatic heterocycles. The Morgan fingerprint density at radius 3 is 2.35 bits per heavy atom. The van der Waals surface area contributed by atoms with Gasteiger partial charge in [-0.15, -0.1) is 0 Å². The van der Waals surface area contributed by atoms with Gasteiger partial charge in [-0.05, 0) is 61.7 Å². The molecule has 2 aromatic carbocycles. The van der Waals surface area contributed by atoms with Gasteiger partial charge < -0.3 is 9.64 Å². The molecule has 0 radical (unpaired) electrons. The molecule has 1 aliphatic rings. The maximum Gasteiger partial charge on any atom is 0.253 e. The van der Waals surface area contributed by atoms with Crippen LogP contribution in [0.15, 0.2) is 58.3 Å². The Labute approximate surface area is 183 Å². The van der Waals surface area contributed by atoms with Crippen molar-refractivity contribution in [3.63, 3.8) is 0 Å². The number of carbonyl (C=O) groups is 1. The summed E-state index contributed by atoms with van der Waals surface area (Å²) in [6.07, 6.45) is 3.39. The second-order valence-electron chi connectivity index (χ2n) is 7.60. The van der Waals surface area contributed by atoms with E-state index in [4.69, 9.17) is 4.74 Å². The molecule has 3 rings (SSSR count). The quantitative estimate of drug-likeness (QED) is 0.537. The van der Waals surface area contributed by atoms with Gasteiger partial charge in [0.25, 0.3) is 5.91 Å². The molecular formula is C21H26N2O6S2. The third kappa shape index (κ3) is 6.52. The molecule has 10 heteroatoms. The topological polar surface area (TPSA) is 110 Å². The number of rotatable bonds is 10. The summed E-state index contributed by atoms with van der Waals surface area (Å²) < 4.78 is 55.8. The summed E-state index contributed by atoms with van der Waals surface area (Å²) in [4.78, 5) is 14.4. The minimum atomic E-state index is -3.55. The number of sulfone groups is 1.